The van der Waals surface area contributed by atoms with Gasteiger partial charge in [0.1, 0.15) is 0 Å². The number of aryl methyl sites for hydroxylation is 1. The lowest BCUT2D eigenvalue weighted by Gasteiger charge is -2.35. The summed E-state index contributed by atoms with van der Waals surface area (Å²) in [6, 6.07) is 11.3. The van der Waals surface area contributed by atoms with E-state index in [-0.39, 0.29) is 5.56 Å². The maximum Gasteiger partial charge on any atom is 0.254 e. The minimum absolute atomic E-state index is 0.250. The lowest BCUT2D eigenvalue weighted by molar-refractivity contribution is 0.202. The lowest BCUT2D eigenvalue weighted by Crippen LogP contribution is -2.42. The van der Waals surface area contributed by atoms with Crippen molar-refractivity contribution in [3.8, 4) is 0 Å². The molecule has 1 aromatic carbocycles. The van der Waals surface area contributed by atoms with Crippen LogP contribution in [0.1, 0.15) is 47.7 Å². The molecule has 0 bridgehead atoms. The summed E-state index contributed by atoms with van der Waals surface area (Å²) in [5.74, 6) is 1.87. The van der Waals surface area contributed by atoms with Crippen molar-refractivity contribution in [3.63, 3.8) is 0 Å². The van der Waals surface area contributed by atoms with Crippen LogP contribution in [0.3, 0.4) is 0 Å². The second-order valence-corrected chi connectivity index (χ2v) is 9.54. The zero-order valence-corrected chi connectivity index (χ0v) is 18.2. The molecule has 1 atom stereocenters. The summed E-state index contributed by atoms with van der Waals surface area (Å²) in [5.41, 5.74) is 6.43. The predicted molar refractivity (Wildman–Crippen MR) is 119 cm³/mol. The number of fused-ring (bicyclic) bond motifs is 1. The Hall–Kier alpha value is -1.52. The van der Waals surface area contributed by atoms with Gasteiger partial charge >= 0.3 is 0 Å². The molecule has 0 spiro atoms. The Morgan fingerprint density at radius 1 is 1.21 bits per heavy atom. The van der Waals surface area contributed by atoms with Crippen LogP contribution in [0.5, 0.6) is 0 Å². The van der Waals surface area contributed by atoms with Crippen LogP contribution in [-0.2, 0) is 25.9 Å². The minimum atomic E-state index is 0.250. The summed E-state index contributed by atoms with van der Waals surface area (Å²) >= 11 is 1.92. The molecule has 0 radical (unpaired) electrons. The van der Waals surface area contributed by atoms with E-state index in [4.69, 9.17) is 0 Å². The van der Waals surface area contributed by atoms with Crippen LogP contribution in [0.2, 0.25) is 0 Å². The summed E-state index contributed by atoms with van der Waals surface area (Å²) in [6.07, 6.45) is 6.48. The predicted octanol–water partition coefficient (Wildman–Crippen LogP) is 4.27. The van der Waals surface area contributed by atoms with E-state index >= 15 is 0 Å². The summed E-state index contributed by atoms with van der Waals surface area (Å²) in [5, 5.41) is 0. The number of pyridine rings is 1. The van der Waals surface area contributed by atoms with E-state index < -0.39 is 0 Å². The molecule has 3 nitrogen and oxygen atoms in total. The van der Waals surface area contributed by atoms with Gasteiger partial charge in [-0.3, -0.25) is 9.69 Å². The third-order valence-electron chi connectivity index (χ3n) is 6.39. The molecule has 2 aliphatic rings. The molecule has 0 amide bonds. The molecule has 4 heteroatoms. The Labute approximate surface area is 173 Å². The van der Waals surface area contributed by atoms with Gasteiger partial charge in [0, 0.05) is 55.5 Å². The highest BCUT2D eigenvalue weighted by Crippen LogP contribution is 2.32. The topological polar surface area (TPSA) is 25.2 Å². The van der Waals surface area contributed by atoms with Gasteiger partial charge < -0.3 is 4.57 Å². The van der Waals surface area contributed by atoms with Gasteiger partial charge in [-0.25, -0.2) is 0 Å². The summed E-state index contributed by atoms with van der Waals surface area (Å²) in [4.78, 5) is 16.0. The van der Waals surface area contributed by atoms with Crippen molar-refractivity contribution in [1.82, 2.24) is 9.47 Å². The van der Waals surface area contributed by atoms with Crippen molar-refractivity contribution >= 4 is 11.8 Å². The van der Waals surface area contributed by atoms with Crippen molar-refractivity contribution in [1.29, 1.82) is 0 Å². The number of hydrogen-bond donors (Lipinski definition) is 0. The first-order chi connectivity index (χ1) is 13.6. The molecule has 1 saturated carbocycles. The lowest BCUT2D eigenvalue weighted by atomic mass is 9.96. The molecule has 150 valence electrons. The number of nitrogens with zero attached hydrogens (tertiary/aromatic N) is 2. The van der Waals surface area contributed by atoms with Crippen LogP contribution in [0.25, 0.3) is 0 Å². The van der Waals surface area contributed by atoms with Gasteiger partial charge in [0.15, 0.2) is 0 Å². The van der Waals surface area contributed by atoms with E-state index in [1.54, 1.807) is 0 Å². The zero-order chi connectivity index (χ0) is 19.7. The van der Waals surface area contributed by atoms with Crippen molar-refractivity contribution in [2.24, 2.45) is 5.92 Å². The molecule has 1 aromatic heterocycles. The number of rotatable bonds is 7. The summed E-state index contributed by atoms with van der Waals surface area (Å²) in [7, 11) is 0. The molecule has 4 rings (SSSR count). The molecule has 2 aromatic rings. The van der Waals surface area contributed by atoms with E-state index in [0.29, 0.717) is 12.0 Å². The number of thioether (sulfide) groups is 1. The van der Waals surface area contributed by atoms with Gasteiger partial charge in [0.25, 0.3) is 5.56 Å². The largest absolute Gasteiger partial charge is 0.312 e. The van der Waals surface area contributed by atoms with E-state index in [9.17, 15) is 4.79 Å². The highest BCUT2D eigenvalue weighted by Gasteiger charge is 2.28. The van der Waals surface area contributed by atoms with Crippen LogP contribution in [0.4, 0.5) is 0 Å². The number of hydrogen-bond acceptors (Lipinski definition) is 3. The van der Waals surface area contributed by atoms with E-state index in [1.807, 2.05) is 11.8 Å². The van der Waals surface area contributed by atoms with E-state index in [2.05, 4.69) is 59.9 Å². The Kier molecular flexibility index (Phi) is 5.98. The Morgan fingerprint density at radius 2 is 2.00 bits per heavy atom. The Balaban J connectivity index is 1.70. The smallest absolute Gasteiger partial charge is 0.254 e. The SMILES string of the molecule is CSCC(C)N1CCc2c(cc(Cc3ccccc3C)c(=O)n2CC2CC2)C1. The van der Waals surface area contributed by atoms with Gasteiger partial charge in [-0.15, -0.1) is 0 Å². The Bertz CT molecular complexity index is 900. The van der Waals surface area contributed by atoms with Gasteiger partial charge in [-0.1, -0.05) is 24.3 Å². The second kappa shape index (κ2) is 8.46. The quantitative estimate of drug-likeness (QED) is 0.699. The van der Waals surface area contributed by atoms with Gasteiger partial charge in [-0.05, 0) is 61.6 Å². The van der Waals surface area contributed by atoms with Crippen LogP contribution in [0.15, 0.2) is 35.1 Å². The van der Waals surface area contributed by atoms with Crippen LogP contribution < -0.4 is 5.56 Å². The first kappa shape index (κ1) is 19.8. The van der Waals surface area contributed by atoms with Crippen molar-refractivity contribution in [3.05, 3.63) is 68.6 Å². The maximum absolute atomic E-state index is 13.4. The maximum atomic E-state index is 13.4. The zero-order valence-electron chi connectivity index (χ0n) is 17.4. The fourth-order valence-electron chi connectivity index (χ4n) is 4.42. The van der Waals surface area contributed by atoms with Gasteiger partial charge in [-0.2, -0.15) is 11.8 Å². The van der Waals surface area contributed by atoms with Crippen molar-refractivity contribution in [2.75, 3.05) is 18.6 Å². The van der Waals surface area contributed by atoms with Gasteiger partial charge in [0.2, 0.25) is 0 Å². The molecule has 28 heavy (non-hydrogen) atoms. The third kappa shape index (κ3) is 4.23. The molecule has 1 aliphatic heterocycles. The highest BCUT2D eigenvalue weighted by atomic mass is 32.2. The average molecular weight is 397 g/mol. The van der Waals surface area contributed by atoms with Crippen LogP contribution in [-0.4, -0.2) is 34.1 Å². The Morgan fingerprint density at radius 3 is 2.71 bits per heavy atom. The molecular weight excluding hydrogens is 364 g/mol. The van der Waals surface area contributed by atoms with E-state index in [0.717, 1.165) is 43.8 Å². The average Bonchev–Trinajstić information content (AvgIpc) is 3.51. The molecule has 0 saturated heterocycles. The summed E-state index contributed by atoms with van der Waals surface area (Å²) in [6.45, 7) is 7.43. The second-order valence-electron chi connectivity index (χ2n) is 8.63. The number of benzene rings is 1. The molecule has 1 aliphatic carbocycles. The normalized spacial score (nSPS) is 18.1. The number of aromatic nitrogens is 1. The fraction of sp³-hybridized carbons (Fsp3) is 0.542. The minimum Gasteiger partial charge on any atom is -0.312 e. The first-order valence-corrected chi connectivity index (χ1v) is 12.0. The molecule has 1 unspecified atom stereocenters. The summed E-state index contributed by atoms with van der Waals surface area (Å²) < 4.78 is 2.15. The molecule has 2 heterocycles. The highest BCUT2D eigenvalue weighted by molar-refractivity contribution is 7.98. The monoisotopic (exact) mass is 396 g/mol. The fourth-order valence-corrected chi connectivity index (χ4v) is 5.11. The molecule has 0 N–H and O–H groups in total. The van der Waals surface area contributed by atoms with Crippen LogP contribution >= 0.6 is 11.8 Å². The third-order valence-corrected chi connectivity index (χ3v) is 7.20. The molecule has 1 fully saturated rings. The molecular formula is C24H32N2OS. The van der Waals surface area contributed by atoms with Crippen LogP contribution in [0, 0.1) is 12.8 Å². The van der Waals surface area contributed by atoms with Crippen molar-refractivity contribution < 1.29 is 0 Å². The van der Waals surface area contributed by atoms with Gasteiger partial charge in [0.05, 0.1) is 0 Å². The standard InChI is InChI=1S/C24H32N2OS/c1-17-6-4-5-7-20(17)12-21-13-22-15-25(18(2)16-28-3)11-10-23(22)26(24(21)27)14-19-8-9-19/h4-7,13,18-19H,8-12,14-16H2,1-3H3. The first-order valence-electron chi connectivity index (χ1n) is 10.6. The van der Waals surface area contributed by atoms with E-state index in [1.165, 1.54) is 35.2 Å². The van der Waals surface area contributed by atoms with Crippen molar-refractivity contribution in [2.45, 2.75) is 58.7 Å².